The van der Waals surface area contributed by atoms with Gasteiger partial charge in [0.05, 0.1) is 34.3 Å². The smallest absolute Gasteiger partial charge is 0.197 e. The highest BCUT2D eigenvalue weighted by atomic mass is 16.3. The van der Waals surface area contributed by atoms with Gasteiger partial charge in [0.1, 0.15) is 17.6 Å². The van der Waals surface area contributed by atoms with Crippen LogP contribution in [0.25, 0.3) is 11.0 Å². The summed E-state index contributed by atoms with van der Waals surface area (Å²) in [4.78, 5) is 31.4. The lowest BCUT2D eigenvalue weighted by Gasteiger charge is -2.37. The molecule has 0 bridgehead atoms. The van der Waals surface area contributed by atoms with E-state index in [1.807, 2.05) is 36.4 Å². The Labute approximate surface area is 168 Å². The first kappa shape index (κ1) is 17.9. The van der Waals surface area contributed by atoms with Gasteiger partial charge in [0.15, 0.2) is 5.43 Å². The summed E-state index contributed by atoms with van der Waals surface area (Å²) in [6, 6.07) is 14.4. The fourth-order valence-electron chi connectivity index (χ4n) is 4.58. The molecular weight excluding hydrogens is 364 g/mol. The van der Waals surface area contributed by atoms with Crippen molar-refractivity contribution in [2.24, 2.45) is 16.3 Å². The maximum absolute atomic E-state index is 13.3. The average Bonchev–Trinajstić information content (AvgIpc) is 2.84. The number of Topliss-reactive ketones (excluding diaryl/α,β-unsaturated/α-hetero) is 1. The molecule has 29 heavy (non-hydrogen) atoms. The Kier molecular flexibility index (Phi) is 3.95. The third-order valence-corrected chi connectivity index (χ3v) is 5.87. The number of ketones is 1. The third kappa shape index (κ3) is 2.97. The van der Waals surface area contributed by atoms with Crippen molar-refractivity contribution in [2.75, 3.05) is 5.32 Å². The van der Waals surface area contributed by atoms with E-state index in [1.165, 1.54) is 6.26 Å². The van der Waals surface area contributed by atoms with Crippen molar-refractivity contribution in [3.05, 3.63) is 70.6 Å². The summed E-state index contributed by atoms with van der Waals surface area (Å²) < 4.78 is 5.77. The molecule has 2 unspecified atom stereocenters. The maximum Gasteiger partial charge on any atom is 0.197 e. The van der Waals surface area contributed by atoms with E-state index in [-0.39, 0.29) is 16.6 Å². The fraction of sp³-hybridized carbons (Fsp3) is 0.292. The zero-order chi connectivity index (χ0) is 20.2. The monoisotopic (exact) mass is 386 g/mol. The molecule has 5 rings (SSSR count). The number of fused-ring (bicyclic) bond motifs is 3. The van der Waals surface area contributed by atoms with Crippen LogP contribution < -0.4 is 10.7 Å². The number of benzene rings is 2. The van der Waals surface area contributed by atoms with Crippen molar-refractivity contribution in [3.8, 4) is 0 Å². The second kappa shape index (κ2) is 6.41. The lowest BCUT2D eigenvalue weighted by Crippen LogP contribution is -2.43. The molecule has 146 valence electrons. The van der Waals surface area contributed by atoms with Crippen molar-refractivity contribution in [3.63, 3.8) is 0 Å². The van der Waals surface area contributed by atoms with Gasteiger partial charge in [-0.1, -0.05) is 38.1 Å². The number of carbonyl (C=O) groups excluding carboxylic acids is 1. The molecule has 5 heteroatoms. The lowest BCUT2D eigenvalue weighted by molar-refractivity contribution is -0.124. The highest BCUT2D eigenvalue weighted by Crippen LogP contribution is 2.44. The first-order chi connectivity index (χ1) is 13.9. The van der Waals surface area contributed by atoms with E-state index in [0.717, 1.165) is 23.5 Å². The molecule has 0 amide bonds. The summed E-state index contributed by atoms with van der Waals surface area (Å²) in [5.74, 6) is -0.377. The normalized spacial score (nSPS) is 22.8. The van der Waals surface area contributed by atoms with E-state index < -0.39 is 12.0 Å². The molecule has 2 atom stereocenters. The van der Waals surface area contributed by atoms with Crippen molar-refractivity contribution in [1.82, 2.24) is 0 Å². The average molecular weight is 386 g/mol. The van der Waals surface area contributed by atoms with Crippen LogP contribution >= 0.6 is 0 Å². The van der Waals surface area contributed by atoms with Gasteiger partial charge < -0.3 is 9.73 Å². The van der Waals surface area contributed by atoms with Gasteiger partial charge in [-0.15, -0.1) is 0 Å². The number of para-hydroxylation sites is 3. The van der Waals surface area contributed by atoms with E-state index in [9.17, 15) is 9.59 Å². The number of hydrogen-bond acceptors (Lipinski definition) is 5. The van der Waals surface area contributed by atoms with Gasteiger partial charge in [0.2, 0.25) is 0 Å². The van der Waals surface area contributed by atoms with Crippen molar-refractivity contribution < 1.29 is 9.21 Å². The molecule has 1 aromatic heterocycles. The van der Waals surface area contributed by atoms with Crippen molar-refractivity contribution in [2.45, 2.75) is 32.7 Å². The molecule has 1 N–H and O–H groups in total. The Morgan fingerprint density at radius 1 is 1.03 bits per heavy atom. The third-order valence-electron chi connectivity index (χ3n) is 5.87. The van der Waals surface area contributed by atoms with Crippen LogP contribution in [0.5, 0.6) is 0 Å². The van der Waals surface area contributed by atoms with Crippen molar-refractivity contribution >= 4 is 33.8 Å². The second-order valence-corrected chi connectivity index (χ2v) is 8.72. The molecule has 2 aliphatic rings. The predicted molar refractivity (Wildman–Crippen MR) is 114 cm³/mol. The molecule has 1 fully saturated rings. The summed E-state index contributed by atoms with van der Waals surface area (Å²) in [5.41, 5.74) is 3.20. The lowest BCUT2D eigenvalue weighted by atomic mass is 9.68. The topological polar surface area (TPSA) is 71.7 Å². The first-order valence-electron chi connectivity index (χ1n) is 9.89. The molecule has 1 saturated carbocycles. The minimum absolute atomic E-state index is 0.109. The van der Waals surface area contributed by atoms with E-state index >= 15 is 0 Å². The standard InChI is InChI=1S/C24H22N2O3/c1-24(2)11-18-21(19(27)12-24)22(26-17-9-5-4-8-16(17)25-18)15-13-29-20-10-6-3-7-14(20)23(15)28/h3-10,13,21-22,26H,11-12H2,1-2H3. The van der Waals surface area contributed by atoms with Crippen molar-refractivity contribution in [1.29, 1.82) is 0 Å². The van der Waals surface area contributed by atoms with Gasteiger partial charge in [-0.3, -0.25) is 14.6 Å². The van der Waals surface area contributed by atoms with Gasteiger partial charge in [-0.25, -0.2) is 0 Å². The summed E-state index contributed by atoms with van der Waals surface area (Å²) >= 11 is 0. The van der Waals surface area contributed by atoms with E-state index in [1.54, 1.807) is 12.1 Å². The summed E-state index contributed by atoms with van der Waals surface area (Å²) in [5, 5.41) is 3.96. The Morgan fingerprint density at radius 3 is 2.66 bits per heavy atom. The molecule has 3 aromatic rings. The van der Waals surface area contributed by atoms with Gasteiger partial charge in [0.25, 0.3) is 0 Å². The number of hydrogen-bond donors (Lipinski definition) is 1. The van der Waals surface area contributed by atoms with Gasteiger partial charge >= 0.3 is 0 Å². The van der Waals surface area contributed by atoms with Crippen LogP contribution in [0.4, 0.5) is 11.4 Å². The number of rotatable bonds is 1. The maximum atomic E-state index is 13.3. The van der Waals surface area contributed by atoms with Gasteiger partial charge in [-0.05, 0) is 36.1 Å². The molecule has 5 nitrogen and oxygen atoms in total. The SMILES string of the molecule is CC1(C)CC(=O)C2C(=Nc3ccccc3NC2c2coc3ccccc3c2=O)C1. The number of carbonyl (C=O) groups is 1. The summed E-state index contributed by atoms with van der Waals surface area (Å²) in [6.07, 6.45) is 2.68. The number of aliphatic imine (C=N–C) groups is 1. The Bertz CT molecular complexity index is 1220. The zero-order valence-electron chi connectivity index (χ0n) is 16.4. The molecule has 1 aliphatic heterocycles. The van der Waals surface area contributed by atoms with Crippen LogP contribution in [0, 0.1) is 11.3 Å². The Morgan fingerprint density at radius 2 is 1.79 bits per heavy atom. The highest BCUT2D eigenvalue weighted by molar-refractivity contribution is 6.10. The van der Waals surface area contributed by atoms with Gasteiger partial charge in [-0.2, -0.15) is 0 Å². The summed E-state index contributed by atoms with van der Waals surface area (Å²) in [7, 11) is 0. The molecular formula is C24H22N2O3. The highest BCUT2D eigenvalue weighted by Gasteiger charge is 2.44. The quantitative estimate of drug-likeness (QED) is 0.636. The summed E-state index contributed by atoms with van der Waals surface area (Å²) in [6.45, 7) is 4.18. The molecule has 2 heterocycles. The molecule has 0 radical (unpaired) electrons. The van der Waals surface area contributed by atoms with Crippen LogP contribution in [0.2, 0.25) is 0 Å². The number of nitrogens with one attached hydrogen (secondary N) is 1. The largest absolute Gasteiger partial charge is 0.464 e. The Balaban J connectivity index is 1.72. The van der Waals surface area contributed by atoms with Gasteiger partial charge in [0, 0.05) is 12.1 Å². The molecule has 1 aliphatic carbocycles. The molecule has 2 aromatic carbocycles. The van der Waals surface area contributed by atoms with Crippen LogP contribution in [0.15, 0.2) is 69.0 Å². The van der Waals surface area contributed by atoms with Crippen LogP contribution in [-0.4, -0.2) is 11.5 Å². The van der Waals surface area contributed by atoms with E-state index in [4.69, 9.17) is 9.41 Å². The van der Waals surface area contributed by atoms with E-state index in [2.05, 4.69) is 19.2 Å². The number of anilines is 1. The molecule has 0 spiro atoms. The fourth-order valence-corrected chi connectivity index (χ4v) is 4.58. The zero-order valence-corrected chi connectivity index (χ0v) is 16.4. The van der Waals surface area contributed by atoms with Crippen LogP contribution in [0.1, 0.15) is 38.3 Å². The minimum atomic E-state index is -0.512. The number of nitrogens with zero attached hydrogens (tertiary/aromatic N) is 1. The minimum Gasteiger partial charge on any atom is -0.464 e. The van der Waals surface area contributed by atoms with Crippen LogP contribution in [0.3, 0.4) is 0 Å². The predicted octanol–water partition coefficient (Wildman–Crippen LogP) is 5.04. The first-order valence-corrected chi connectivity index (χ1v) is 9.89. The van der Waals surface area contributed by atoms with E-state index in [0.29, 0.717) is 23.0 Å². The Hall–Kier alpha value is -3.21. The van der Waals surface area contributed by atoms with Crippen LogP contribution in [-0.2, 0) is 4.79 Å². The second-order valence-electron chi connectivity index (χ2n) is 8.72. The molecule has 0 saturated heterocycles.